The Morgan fingerprint density at radius 2 is 2.28 bits per heavy atom. The summed E-state index contributed by atoms with van der Waals surface area (Å²) in [6.45, 7) is 1.47. The molecule has 0 bridgehead atoms. The summed E-state index contributed by atoms with van der Waals surface area (Å²) >= 11 is 3.25. The van der Waals surface area contributed by atoms with Gasteiger partial charge >= 0.3 is 0 Å². The minimum Gasteiger partial charge on any atom is -0.356 e. The first-order valence-corrected chi connectivity index (χ1v) is 6.27. The van der Waals surface area contributed by atoms with Gasteiger partial charge in [-0.15, -0.1) is 0 Å². The van der Waals surface area contributed by atoms with E-state index in [9.17, 15) is 14.0 Å². The molecule has 1 aromatic rings. The normalized spacial score (nSPS) is 21.4. The maximum Gasteiger partial charge on any atom is 0.266 e. The highest BCUT2D eigenvalue weighted by Gasteiger charge is 2.47. The second-order valence-electron chi connectivity index (χ2n) is 4.18. The Hall–Kier alpha value is -1.43. The third-order valence-electron chi connectivity index (χ3n) is 2.86. The summed E-state index contributed by atoms with van der Waals surface area (Å²) in [6.07, 6.45) is -0.0815. The van der Waals surface area contributed by atoms with Crippen LogP contribution in [0, 0.1) is 0 Å². The molecule has 1 aliphatic rings. The van der Waals surface area contributed by atoms with Gasteiger partial charge in [-0.3, -0.25) is 9.59 Å². The predicted octanol–water partition coefficient (Wildman–Crippen LogP) is 2.09. The van der Waals surface area contributed by atoms with Gasteiger partial charge in [-0.1, -0.05) is 15.9 Å². The minimum atomic E-state index is -2.08. The summed E-state index contributed by atoms with van der Waals surface area (Å²) in [4.78, 5) is 22.5. The first-order chi connectivity index (χ1) is 8.43. The van der Waals surface area contributed by atoms with Gasteiger partial charge < -0.3 is 10.6 Å². The summed E-state index contributed by atoms with van der Waals surface area (Å²) in [6, 6.07) is 4.97. The van der Waals surface area contributed by atoms with E-state index in [2.05, 4.69) is 26.6 Å². The largest absolute Gasteiger partial charge is 0.356 e. The number of carbonyl (C=O) groups is 2. The number of anilines is 1. The van der Waals surface area contributed by atoms with Crippen LogP contribution in [0.25, 0.3) is 0 Å². The second-order valence-corrected chi connectivity index (χ2v) is 5.09. The number of fused-ring (bicyclic) bond motifs is 1. The van der Waals surface area contributed by atoms with Crippen molar-refractivity contribution in [1.29, 1.82) is 0 Å². The lowest BCUT2D eigenvalue weighted by Gasteiger charge is -2.18. The van der Waals surface area contributed by atoms with Crippen LogP contribution >= 0.6 is 15.9 Å². The Balaban J connectivity index is 2.24. The molecule has 0 aliphatic carbocycles. The van der Waals surface area contributed by atoms with Gasteiger partial charge in [0.2, 0.25) is 11.6 Å². The molecular formula is C12H12BrFN2O2. The lowest BCUT2D eigenvalue weighted by Crippen LogP contribution is -2.34. The van der Waals surface area contributed by atoms with E-state index in [0.717, 1.165) is 0 Å². The molecule has 1 unspecified atom stereocenters. The number of hydrogen-bond donors (Lipinski definition) is 2. The topological polar surface area (TPSA) is 58.2 Å². The summed E-state index contributed by atoms with van der Waals surface area (Å²) in [5.74, 6) is -0.924. The van der Waals surface area contributed by atoms with Crippen LogP contribution in [0.5, 0.6) is 0 Å². The van der Waals surface area contributed by atoms with E-state index in [0.29, 0.717) is 15.7 Å². The van der Waals surface area contributed by atoms with E-state index in [1.165, 1.54) is 6.92 Å². The van der Waals surface area contributed by atoms with Gasteiger partial charge in [0.25, 0.3) is 5.91 Å². The van der Waals surface area contributed by atoms with E-state index in [1.807, 2.05) is 0 Å². The van der Waals surface area contributed by atoms with Crippen molar-refractivity contribution in [2.75, 3.05) is 11.9 Å². The molecule has 0 radical (unpaired) electrons. The Morgan fingerprint density at radius 1 is 1.56 bits per heavy atom. The lowest BCUT2D eigenvalue weighted by molar-refractivity contribution is -0.128. The first kappa shape index (κ1) is 13.0. The fourth-order valence-electron chi connectivity index (χ4n) is 1.96. The van der Waals surface area contributed by atoms with Gasteiger partial charge in [0.1, 0.15) is 0 Å². The molecule has 0 saturated carbocycles. The molecule has 18 heavy (non-hydrogen) atoms. The van der Waals surface area contributed by atoms with Gasteiger partial charge in [-0.05, 0) is 18.2 Å². The summed E-state index contributed by atoms with van der Waals surface area (Å²) in [7, 11) is 0. The van der Waals surface area contributed by atoms with Crippen LogP contribution in [0.2, 0.25) is 0 Å². The zero-order chi connectivity index (χ0) is 13.3. The Bertz CT molecular complexity index is 521. The molecule has 96 valence electrons. The standard InChI is InChI=1S/C12H12BrFN2O2/c1-7(17)15-5-4-12(14)9-6-8(13)2-3-10(9)16-11(12)18/h2-3,6H,4-5H2,1H3,(H,15,17)(H,16,18). The third kappa shape index (κ3) is 2.25. The van der Waals surface area contributed by atoms with E-state index < -0.39 is 11.6 Å². The number of hydrogen-bond acceptors (Lipinski definition) is 2. The molecule has 2 amide bonds. The van der Waals surface area contributed by atoms with Crippen molar-refractivity contribution >= 4 is 33.4 Å². The third-order valence-corrected chi connectivity index (χ3v) is 3.35. The van der Waals surface area contributed by atoms with Gasteiger partial charge in [0.05, 0.1) is 0 Å². The van der Waals surface area contributed by atoms with Crippen LogP contribution in [0.1, 0.15) is 18.9 Å². The molecule has 1 aromatic carbocycles. The highest BCUT2D eigenvalue weighted by molar-refractivity contribution is 9.10. The smallest absolute Gasteiger partial charge is 0.266 e. The molecule has 2 rings (SSSR count). The van der Waals surface area contributed by atoms with Crippen LogP contribution in [0.3, 0.4) is 0 Å². The van der Waals surface area contributed by atoms with Crippen LogP contribution in [-0.4, -0.2) is 18.4 Å². The monoisotopic (exact) mass is 314 g/mol. The van der Waals surface area contributed by atoms with Crippen molar-refractivity contribution in [3.8, 4) is 0 Å². The first-order valence-electron chi connectivity index (χ1n) is 5.48. The molecule has 0 saturated heterocycles. The average Bonchev–Trinajstić information content (AvgIpc) is 2.52. The fraction of sp³-hybridized carbons (Fsp3) is 0.333. The minimum absolute atomic E-state index is 0.0815. The maximum absolute atomic E-state index is 14.7. The molecule has 0 spiro atoms. The quantitative estimate of drug-likeness (QED) is 0.897. The van der Waals surface area contributed by atoms with Gasteiger partial charge in [0.15, 0.2) is 0 Å². The average molecular weight is 315 g/mol. The Labute approximate surface area is 112 Å². The van der Waals surface area contributed by atoms with Crippen LogP contribution < -0.4 is 10.6 Å². The molecule has 0 aromatic heterocycles. The second kappa shape index (κ2) is 4.68. The zero-order valence-corrected chi connectivity index (χ0v) is 11.3. The van der Waals surface area contributed by atoms with Crippen molar-refractivity contribution in [2.45, 2.75) is 19.0 Å². The van der Waals surface area contributed by atoms with E-state index in [1.54, 1.807) is 18.2 Å². The van der Waals surface area contributed by atoms with E-state index in [-0.39, 0.29) is 18.9 Å². The van der Waals surface area contributed by atoms with Crippen LogP contribution in [0.4, 0.5) is 10.1 Å². The highest BCUT2D eigenvalue weighted by Crippen LogP contribution is 2.42. The number of benzene rings is 1. The highest BCUT2D eigenvalue weighted by atomic mass is 79.9. The molecule has 0 fully saturated rings. The number of amides is 2. The molecular weight excluding hydrogens is 303 g/mol. The number of rotatable bonds is 3. The predicted molar refractivity (Wildman–Crippen MR) is 68.9 cm³/mol. The molecule has 6 heteroatoms. The summed E-state index contributed by atoms with van der Waals surface area (Å²) < 4.78 is 15.5. The van der Waals surface area contributed by atoms with Gasteiger partial charge in [0, 0.05) is 35.6 Å². The molecule has 4 nitrogen and oxygen atoms in total. The van der Waals surface area contributed by atoms with Gasteiger partial charge in [-0.2, -0.15) is 0 Å². The van der Waals surface area contributed by atoms with Crippen LogP contribution in [-0.2, 0) is 15.3 Å². The van der Waals surface area contributed by atoms with Crippen LogP contribution in [0.15, 0.2) is 22.7 Å². The van der Waals surface area contributed by atoms with Crippen molar-refractivity contribution in [1.82, 2.24) is 5.32 Å². The van der Waals surface area contributed by atoms with Crippen molar-refractivity contribution in [3.63, 3.8) is 0 Å². The SMILES string of the molecule is CC(=O)NCCC1(F)C(=O)Nc2ccc(Br)cc21. The van der Waals surface area contributed by atoms with Crippen molar-refractivity contribution < 1.29 is 14.0 Å². The van der Waals surface area contributed by atoms with Crippen molar-refractivity contribution in [3.05, 3.63) is 28.2 Å². The fourth-order valence-corrected chi connectivity index (χ4v) is 2.32. The lowest BCUT2D eigenvalue weighted by atomic mass is 9.94. The summed E-state index contributed by atoms with van der Waals surface area (Å²) in [5, 5.41) is 5.00. The Morgan fingerprint density at radius 3 is 2.94 bits per heavy atom. The van der Waals surface area contributed by atoms with Gasteiger partial charge in [-0.25, -0.2) is 4.39 Å². The number of halogens is 2. The van der Waals surface area contributed by atoms with E-state index >= 15 is 0 Å². The number of nitrogens with one attached hydrogen (secondary N) is 2. The molecule has 2 N–H and O–H groups in total. The molecule has 1 aliphatic heterocycles. The molecule has 1 heterocycles. The zero-order valence-electron chi connectivity index (χ0n) is 9.72. The number of alkyl halides is 1. The van der Waals surface area contributed by atoms with E-state index in [4.69, 9.17) is 0 Å². The maximum atomic E-state index is 14.7. The Kier molecular flexibility index (Phi) is 3.38. The van der Waals surface area contributed by atoms with Crippen molar-refractivity contribution in [2.24, 2.45) is 0 Å². The molecule has 1 atom stereocenters. The number of carbonyl (C=O) groups excluding carboxylic acids is 2. The summed E-state index contributed by atoms with van der Waals surface area (Å²) in [5.41, 5.74) is -1.29.